The first kappa shape index (κ1) is 31.2. The number of carbonyl (C=O) groups is 2. The molecular weight excluding hydrogens is 643 g/mol. The number of aromatic hydroxyl groups is 1. The highest BCUT2D eigenvalue weighted by molar-refractivity contribution is 8.00. The minimum Gasteiger partial charge on any atom is -0.508 e. The third-order valence-corrected chi connectivity index (χ3v) is 10.4. The van der Waals surface area contributed by atoms with Crippen molar-refractivity contribution in [2.45, 2.75) is 29.7 Å². The highest BCUT2D eigenvalue weighted by Gasteiger charge is 2.48. The molecule has 0 saturated carbocycles. The number of phenolic OH excluding ortho intramolecular Hbond substituents is 1. The molecule has 48 heavy (non-hydrogen) atoms. The first-order valence-corrected chi connectivity index (χ1v) is 17.0. The molecule has 6 aromatic rings. The Balaban J connectivity index is 1.18. The first-order valence-electron chi connectivity index (χ1n) is 15.2. The smallest absolute Gasteiger partial charge is 0.301 e. The van der Waals surface area contributed by atoms with E-state index < -0.39 is 17.7 Å². The monoisotopic (exact) mass is 671 g/mol. The Bertz CT molecular complexity index is 2190. The number of aryl methyl sites for hydroxylation is 1. The van der Waals surface area contributed by atoms with E-state index in [9.17, 15) is 19.8 Å². The first-order chi connectivity index (χ1) is 23.4. The summed E-state index contributed by atoms with van der Waals surface area (Å²) in [5, 5.41) is 33.0. The van der Waals surface area contributed by atoms with Crippen molar-refractivity contribution in [1.29, 1.82) is 0 Å². The lowest BCUT2D eigenvalue weighted by Crippen LogP contribution is -2.29. The van der Waals surface area contributed by atoms with Gasteiger partial charge in [-0.2, -0.15) is 0 Å². The van der Waals surface area contributed by atoms with Crippen LogP contribution in [-0.4, -0.2) is 32.1 Å². The fourth-order valence-electron chi connectivity index (χ4n) is 5.75. The summed E-state index contributed by atoms with van der Waals surface area (Å²) in [4.78, 5) is 28.5. The summed E-state index contributed by atoms with van der Waals surface area (Å²) in [7, 11) is 0. The van der Waals surface area contributed by atoms with Gasteiger partial charge in [0.25, 0.3) is 5.78 Å². The number of anilines is 1. The molecule has 1 saturated heterocycles. The summed E-state index contributed by atoms with van der Waals surface area (Å²) in [6.45, 7) is 2.40. The van der Waals surface area contributed by atoms with Gasteiger partial charge in [0.2, 0.25) is 5.13 Å². The number of carbonyl (C=O) groups excluding carboxylic acids is 2. The predicted molar refractivity (Wildman–Crippen MR) is 188 cm³/mol. The summed E-state index contributed by atoms with van der Waals surface area (Å²) in [5.41, 5.74) is 3.98. The number of ketones is 1. The van der Waals surface area contributed by atoms with E-state index in [0.717, 1.165) is 27.5 Å². The number of Topliss-reactive ketones (excluding diaryl/α,β-unsaturated/α-hetero) is 1. The molecule has 8 nitrogen and oxygen atoms in total. The van der Waals surface area contributed by atoms with Crippen LogP contribution in [0.25, 0.3) is 16.5 Å². The van der Waals surface area contributed by atoms with E-state index in [1.54, 1.807) is 36.4 Å². The second-order valence-electron chi connectivity index (χ2n) is 11.3. The van der Waals surface area contributed by atoms with Crippen molar-refractivity contribution >= 4 is 56.5 Å². The number of aliphatic hydroxyl groups is 1. The number of phenols is 1. The highest BCUT2D eigenvalue weighted by atomic mass is 32.2. The largest absolute Gasteiger partial charge is 0.508 e. The number of rotatable bonds is 9. The summed E-state index contributed by atoms with van der Waals surface area (Å²) in [5.74, 6) is -0.871. The number of aliphatic hydroxyl groups excluding tert-OH is 1. The van der Waals surface area contributed by atoms with Crippen LogP contribution in [0.5, 0.6) is 11.5 Å². The number of ether oxygens (including phenoxy) is 1. The van der Waals surface area contributed by atoms with Crippen LogP contribution in [0.4, 0.5) is 5.13 Å². The van der Waals surface area contributed by atoms with E-state index in [4.69, 9.17) is 4.74 Å². The molecule has 5 aromatic carbocycles. The second kappa shape index (κ2) is 13.3. The molecule has 2 N–H and O–H groups in total. The van der Waals surface area contributed by atoms with Crippen LogP contribution in [0, 0.1) is 6.92 Å². The molecule has 1 amide bonds. The number of thioether (sulfide) groups is 1. The van der Waals surface area contributed by atoms with Crippen molar-refractivity contribution in [1.82, 2.24) is 10.2 Å². The van der Waals surface area contributed by atoms with Crippen molar-refractivity contribution < 1.29 is 24.5 Å². The molecule has 0 spiro atoms. The van der Waals surface area contributed by atoms with Gasteiger partial charge in [-0.3, -0.25) is 14.5 Å². The average Bonchev–Trinajstić information content (AvgIpc) is 3.68. The number of benzene rings is 5. The lowest BCUT2D eigenvalue weighted by Gasteiger charge is -2.22. The fourth-order valence-corrected chi connectivity index (χ4v) is 7.63. The highest BCUT2D eigenvalue weighted by Crippen LogP contribution is 2.44. The third kappa shape index (κ3) is 6.15. The zero-order chi connectivity index (χ0) is 33.2. The standard InChI is InChI=1S/C38H29N3O5S2/c1-23-8-2-3-10-27(23)21-46-30-18-16-25(17-19-30)34(43)32-33(26-12-7-14-29(42)20-26)41(36(45)35(32)44)37-39-40-38(48-37)47-22-28-13-6-11-24-9-4-5-15-31(24)28/h2-20,33,42-43H,21-22H2,1H3/b34-32+. The summed E-state index contributed by atoms with van der Waals surface area (Å²) in [6.07, 6.45) is 0. The molecule has 0 aliphatic carbocycles. The summed E-state index contributed by atoms with van der Waals surface area (Å²) < 4.78 is 6.57. The number of fused-ring (bicyclic) bond motifs is 1. The average molecular weight is 672 g/mol. The quantitative estimate of drug-likeness (QED) is 0.0520. The maximum atomic E-state index is 13.6. The van der Waals surface area contributed by atoms with E-state index in [-0.39, 0.29) is 22.2 Å². The fraction of sp³-hybridized carbons (Fsp3) is 0.105. The lowest BCUT2D eigenvalue weighted by atomic mass is 9.95. The summed E-state index contributed by atoms with van der Waals surface area (Å²) in [6, 6.07) is 34.2. The molecule has 1 aromatic heterocycles. The van der Waals surface area contributed by atoms with Gasteiger partial charge in [-0.25, -0.2) is 0 Å². The predicted octanol–water partition coefficient (Wildman–Crippen LogP) is 8.20. The molecule has 1 aliphatic rings. The normalized spacial score (nSPS) is 15.7. The molecule has 238 valence electrons. The van der Waals surface area contributed by atoms with E-state index in [0.29, 0.717) is 33.6 Å². The molecular formula is C38H29N3O5S2. The van der Waals surface area contributed by atoms with Gasteiger partial charge in [-0.1, -0.05) is 102 Å². The van der Waals surface area contributed by atoms with Crippen LogP contribution < -0.4 is 9.64 Å². The lowest BCUT2D eigenvalue weighted by molar-refractivity contribution is -0.132. The SMILES string of the molecule is Cc1ccccc1COc1ccc(/C(O)=C2\C(=O)C(=O)N(c3nnc(SCc4cccc5ccccc45)s3)C2c2cccc(O)c2)cc1. The zero-order valence-electron chi connectivity index (χ0n) is 25.7. The summed E-state index contributed by atoms with van der Waals surface area (Å²) >= 11 is 2.68. The van der Waals surface area contributed by atoms with Crippen molar-refractivity contribution in [3.8, 4) is 11.5 Å². The van der Waals surface area contributed by atoms with E-state index in [1.807, 2.05) is 49.4 Å². The van der Waals surface area contributed by atoms with Gasteiger partial charge in [0.05, 0.1) is 11.6 Å². The maximum Gasteiger partial charge on any atom is 0.301 e. The van der Waals surface area contributed by atoms with Gasteiger partial charge < -0.3 is 14.9 Å². The van der Waals surface area contributed by atoms with Crippen LogP contribution in [0.2, 0.25) is 0 Å². The minimum absolute atomic E-state index is 0.0446. The van der Waals surface area contributed by atoms with Crippen LogP contribution in [-0.2, 0) is 21.9 Å². The molecule has 7 rings (SSSR count). The number of hydrogen-bond acceptors (Lipinski definition) is 9. The molecule has 0 radical (unpaired) electrons. The number of hydrogen-bond donors (Lipinski definition) is 2. The van der Waals surface area contributed by atoms with Crippen molar-refractivity contribution in [2.24, 2.45) is 0 Å². The van der Waals surface area contributed by atoms with Gasteiger partial charge in [0, 0.05) is 11.3 Å². The van der Waals surface area contributed by atoms with E-state index in [1.165, 1.54) is 40.1 Å². The van der Waals surface area contributed by atoms with Gasteiger partial charge in [-0.15, -0.1) is 10.2 Å². The number of amides is 1. The van der Waals surface area contributed by atoms with E-state index >= 15 is 0 Å². The zero-order valence-corrected chi connectivity index (χ0v) is 27.4. The van der Waals surface area contributed by atoms with Crippen molar-refractivity contribution in [2.75, 3.05) is 4.90 Å². The van der Waals surface area contributed by atoms with Crippen LogP contribution in [0.15, 0.2) is 125 Å². The van der Waals surface area contributed by atoms with Crippen LogP contribution in [0.3, 0.4) is 0 Å². The molecule has 10 heteroatoms. The Hall–Kier alpha value is -5.45. The maximum absolute atomic E-state index is 13.6. The van der Waals surface area contributed by atoms with Crippen LogP contribution >= 0.6 is 23.1 Å². The molecule has 1 fully saturated rings. The second-order valence-corrected chi connectivity index (χ2v) is 13.5. The molecule has 1 atom stereocenters. The number of aromatic nitrogens is 2. The molecule has 1 aliphatic heterocycles. The topological polar surface area (TPSA) is 113 Å². The third-order valence-electron chi connectivity index (χ3n) is 8.25. The van der Waals surface area contributed by atoms with Gasteiger partial charge in [-0.05, 0) is 76.3 Å². The van der Waals surface area contributed by atoms with Gasteiger partial charge >= 0.3 is 5.91 Å². The Labute approximate surface area is 285 Å². The Morgan fingerprint density at radius 3 is 2.42 bits per heavy atom. The Morgan fingerprint density at radius 1 is 0.875 bits per heavy atom. The molecule has 1 unspecified atom stereocenters. The van der Waals surface area contributed by atoms with Gasteiger partial charge in [0.15, 0.2) is 4.34 Å². The van der Waals surface area contributed by atoms with Crippen LogP contribution in [0.1, 0.15) is 33.9 Å². The Kier molecular flexibility index (Phi) is 8.66. The van der Waals surface area contributed by atoms with Gasteiger partial charge in [0.1, 0.15) is 23.9 Å². The van der Waals surface area contributed by atoms with E-state index in [2.05, 4.69) is 34.5 Å². The van der Waals surface area contributed by atoms with Crippen molar-refractivity contribution in [3.05, 3.63) is 149 Å². The van der Waals surface area contributed by atoms with Crippen molar-refractivity contribution in [3.63, 3.8) is 0 Å². The Morgan fingerprint density at radius 2 is 1.60 bits per heavy atom. The molecule has 0 bridgehead atoms. The molecule has 2 heterocycles. The number of nitrogens with zero attached hydrogens (tertiary/aromatic N) is 3. The minimum atomic E-state index is -1.04.